The lowest BCUT2D eigenvalue weighted by Crippen LogP contribution is -2.57. The van der Waals surface area contributed by atoms with Gasteiger partial charge in [0.15, 0.2) is 0 Å². The average Bonchev–Trinajstić information content (AvgIpc) is 2.74. The van der Waals surface area contributed by atoms with Crippen molar-refractivity contribution in [3.63, 3.8) is 0 Å². The van der Waals surface area contributed by atoms with E-state index < -0.39 is 17.8 Å². The molecule has 0 radical (unpaired) electrons. The fourth-order valence-corrected chi connectivity index (χ4v) is 3.71. The van der Waals surface area contributed by atoms with E-state index in [-0.39, 0.29) is 37.0 Å². The third-order valence-electron chi connectivity index (χ3n) is 5.56. The second-order valence-corrected chi connectivity index (χ2v) is 8.66. The fraction of sp³-hybridized carbons (Fsp3) is 0.400. The van der Waals surface area contributed by atoms with Crippen molar-refractivity contribution in [2.24, 2.45) is 5.92 Å². The van der Waals surface area contributed by atoms with E-state index in [1.54, 1.807) is 6.07 Å². The van der Waals surface area contributed by atoms with Gasteiger partial charge in [-0.1, -0.05) is 61.9 Å². The van der Waals surface area contributed by atoms with Gasteiger partial charge in [0.25, 0.3) is 5.91 Å². The van der Waals surface area contributed by atoms with E-state index >= 15 is 0 Å². The summed E-state index contributed by atoms with van der Waals surface area (Å²) in [5.74, 6) is -1.23. The Hall–Kier alpha value is -3.22. The van der Waals surface area contributed by atoms with Gasteiger partial charge in [0.1, 0.15) is 24.9 Å². The van der Waals surface area contributed by atoms with Crippen LogP contribution in [0.2, 0.25) is 0 Å². The summed E-state index contributed by atoms with van der Waals surface area (Å²) in [5, 5.41) is 2.79. The van der Waals surface area contributed by atoms with Gasteiger partial charge in [-0.3, -0.25) is 14.4 Å². The van der Waals surface area contributed by atoms with Crippen molar-refractivity contribution in [1.29, 1.82) is 0 Å². The van der Waals surface area contributed by atoms with E-state index in [2.05, 4.69) is 19.2 Å². The van der Waals surface area contributed by atoms with E-state index in [4.69, 9.17) is 0 Å². The highest BCUT2D eigenvalue weighted by atomic mass is 19.1. The maximum atomic E-state index is 14.7. The molecule has 2 aromatic carbocycles. The zero-order valence-corrected chi connectivity index (χ0v) is 18.8. The third-order valence-corrected chi connectivity index (χ3v) is 5.56. The molecule has 1 atom stereocenters. The second-order valence-electron chi connectivity index (χ2n) is 8.66. The first-order valence-corrected chi connectivity index (χ1v) is 10.9. The minimum atomic E-state index is -1.12. The quantitative estimate of drug-likeness (QED) is 0.687. The number of piperazine rings is 1. The molecule has 6 nitrogen and oxygen atoms in total. The van der Waals surface area contributed by atoms with Crippen LogP contribution in [0.25, 0.3) is 0 Å². The van der Waals surface area contributed by atoms with Gasteiger partial charge in [0.05, 0.1) is 0 Å². The van der Waals surface area contributed by atoms with Crippen LogP contribution in [-0.4, -0.2) is 47.2 Å². The minimum absolute atomic E-state index is 0.128. The number of rotatable bonds is 8. The minimum Gasteiger partial charge on any atom is -0.355 e. The summed E-state index contributed by atoms with van der Waals surface area (Å²) in [7, 11) is 0. The van der Waals surface area contributed by atoms with Crippen LogP contribution in [0, 0.1) is 18.7 Å². The van der Waals surface area contributed by atoms with E-state index in [0.29, 0.717) is 12.5 Å². The van der Waals surface area contributed by atoms with E-state index in [1.165, 1.54) is 28.0 Å². The molecule has 0 spiro atoms. The lowest BCUT2D eigenvalue weighted by molar-refractivity contribution is -0.158. The molecule has 32 heavy (non-hydrogen) atoms. The third kappa shape index (κ3) is 5.72. The SMILES string of the molecule is Cc1ccc(CN2C(=O)CN(CC(=O)NCCC(C)C)C(=O)C2c2ccccc2F)cc1. The summed E-state index contributed by atoms with van der Waals surface area (Å²) >= 11 is 0. The predicted octanol–water partition coefficient (Wildman–Crippen LogP) is 3.21. The van der Waals surface area contributed by atoms with Crippen LogP contribution in [0.1, 0.15) is 43.0 Å². The van der Waals surface area contributed by atoms with Gasteiger partial charge < -0.3 is 15.1 Å². The van der Waals surface area contributed by atoms with Crippen LogP contribution < -0.4 is 5.32 Å². The van der Waals surface area contributed by atoms with Crippen LogP contribution in [0.5, 0.6) is 0 Å². The molecule has 0 aliphatic carbocycles. The van der Waals surface area contributed by atoms with Crippen molar-refractivity contribution in [1.82, 2.24) is 15.1 Å². The van der Waals surface area contributed by atoms with Gasteiger partial charge in [-0.25, -0.2) is 4.39 Å². The van der Waals surface area contributed by atoms with Crippen molar-refractivity contribution in [3.8, 4) is 0 Å². The summed E-state index contributed by atoms with van der Waals surface area (Å²) in [6, 6.07) is 12.5. The summed E-state index contributed by atoms with van der Waals surface area (Å²) in [5.41, 5.74) is 2.05. The molecule has 7 heteroatoms. The summed E-state index contributed by atoms with van der Waals surface area (Å²) in [6.45, 7) is 6.31. The lowest BCUT2D eigenvalue weighted by atomic mass is 9.99. The Morgan fingerprint density at radius 3 is 2.47 bits per heavy atom. The standard InChI is InChI=1S/C25H30FN3O3/c1-17(2)12-13-27-22(30)15-28-16-23(31)29(14-19-10-8-18(3)9-11-19)24(25(28)32)20-6-4-5-7-21(20)26/h4-11,17,24H,12-16H2,1-3H3,(H,27,30). The Kier molecular flexibility index (Phi) is 7.62. The van der Waals surface area contributed by atoms with Crippen LogP contribution in [0.4, 0.5) is 4.39 Å². The van der Waals surface area contributed by atoms with Gasteiger partial charge in [0, 0.05) is 18.7 Å². The molecule has 1 unspecified atom stereocenters. The Labute approximate surface area is 188 Å². The molecule has 1 saturated heterocycles. The monoisotopic (exact) mass is 439 g/mol. The predicted molar refractivity (Wildman–Crippen MR) is 120 cm³/mol. The molecule has 2 aromatic rings. The summed E-state index contributed by atoms with van der Waals surface area (Å²) < 4.78 is 14.7. The molecule has 0 saturated carbocycles. The van der Waals surface area contributed by atoms with Gasteiger partial charge in [0.2, 0.25) is 11.8 Å². The lowest BCUT2D eigenvalue weighted by Gasteiger charge is -2.40. The van der Waals surface area contributed by atoms with E-state index in [1.807, 2.05) is 31.2 Å². The first kappa shape index (κ1) is 23.4. The Bertz CT molecular complexity index is 975. The number of nitrogens with one attached hydrogen (secondary N) is 1. The highest BCUT2D eigenvalue weighted by Crippen LogP contribution is 2.30. The van der Waals surface area contributed by atoms with Crippen LogP contribution in [0.3, 0.4) is 0 Å². The van der Waals surface area contributed by atoms with E-state index in [9.17, 15) is 18.8 Å². The Balaban J connectivity index is 1.84. The highest BCUT2D eigenvalue weighted by molar-refractivity contribution is 5.97. The van der Waals surface area contributed by atoms with Gasteiger partial charge in [-0.05, 0) is 30.9 Å². The number of hydrogen-bond acceptors (Lipinski definition) is 3. The first-order chi connectivity index (χ1) is 15.3. The molecule has 1 heterocycles. The molecular weight excluding hydrogens is 409 g/mol. The molecule has 1 N–H and O–H groups in total. The summed E-state index contributed by atoms with van der Waals surface area (Å²) in [4.78, 5) is 41.4. The molecule has 1 fully saturated rings. The molecule has 0 bridgehead atoms. The highest BCUT2D eigenvalue weighted by Gasteiger charge is 2.42. The fourth-order valence-electron chi connectivity index (χ4n) is 3.71. The topological polar surface area (TPSA) is 69.7 Å². The Morgan fingerprint density at radius 1 is 1.12 bits per heavy atom. The number of hydrogen-bond donors (Lipinski definition) is 1. The number of halogens is 1. The van der Waals surface area contributed by atoms with Gasteiger partial charge in [-0.2, -0.15) is 0 Å². The normalized spacial score (nSPS) is 16.6. The second kappa shape index (κ2) is 10.4. The van der Waals surface area contributed by atoms with Crippen molar-refractivity contribution in [2.45, 2.75) is 39.8 Å². The maximum absolute atomic E-state index is 14.7. The van der Waals surface area contributed by atoms with Crippen LogP contribution >= 0.6 is 0 Å². The molecule has 0 aromatic heterocycles. The number of aryl methyl sites for hydroxylation is 1. The van der Waals surface area contributed by atoms with Gasteiger partial charge >= 0.3 is 0 Å². The van der Waals surface area contributed by atoms with Crippen molar-refractivity contribution >= 4 is 17.7 Å². The molecule has 1 aliphatic heterocycles. The first-order valence-electron chi connectivity index (χ1n) is 10.9. The zero-order chi connectivity index (χ0) is 23.3. The molecule has 3 rings (SSSR count). The number of carbonyl (C=O) groups is 3. The molecule has 170 valence electrons. The Morgan fingerprint density at radius 2 is 1.81 bits per heavy atom. The van der Waals surface area contributed by atoms with Crippen molar-refractivity contribution in [2.75, 3.05) is 19.6 Å². The van der Waals surface area contributed by atoms with Crippen molar-refractivity contribution < 1.29 is 18.8 Å². The molecule has 3 amide bonds. The summed E-state index contributed by atoms with van der Waals surface area (Å²) in [6.07, 6.45) is 0.820. The van der Waals surface area contributed by atoms with Gasteiger partial charge in [-0.15, -0.1) is 0 Å². The smallest absolute Gasteiger partial charge is 0.251 e. The molecular formula is C25H30FN3O3. The largest absolute Gasteiger partial charge is 0.355 e. The number of amides is 3. The van der Waals surface area contributed by atoms with E-state index in [0.717, 1.165) is 17.5 Å². The van der Waals surface area contributed by atoms with Crippen LogP contribution in [0.15, 0.2) is 48.5 Å². The zero-order valence-electron chi connectivity index (χ0n) is 18.8. The number of benzene rings is 2. The number of nitrogens with zero attached hydrogens (tertiary/aromatic N) is 2. The average molecular weight is 440 g/mol. The molecule has 1 aliphatic rings. The van der Waals surface area contributed by atoms with Crippen LogP contribution in [-0.2, 0) is 20.9 Å². The maximum Gasteiger partial charge on any atom is 0.251 e. The number of carbonyl (C=O) groups excluding carboxylic acids is 3. The van der Waals surface area contributed by atoms with Crippen molar-refractivity contribution in [3.05, 3.63) is 71.0 Å².